The van der Waals surface area contributed by atoms with Crippen molar-refractivity contribution in [1.29, 1.82) is 5.26 Å². The Bertz CT molecular complexity index is 592. The molecule has 0 atom stereocenters. The van der Waals surface area contributed by atoms with E-state index in [2.05, 4.69) is 0 Å². The van der Waals surface area contributed by atoms with Gasteiger partial charge in [0.2, 0.25) is 0 Å². The summed E-state index contributed by atoms with van der Waals surface area (Å²) in [5.74, 6) is -0.675. The first kappa shape index (κ1) is 11.7. The van der Waals surface area contributed by atoms with Crippen molar-refractivity contribution in [1.82, 2.24) is 0 Å². The van der Waals surface area contributed by atoms with Crippen molar-refractivity contribution in [2.24, 2.45) is 0 Å². The van der Waals surface area contributed by atoms with Gasteiger partial charge in [0.15, 0.2) is 0 Å². The van der Waals surface area contributed by atoms with Gasteiger partial charge in [0.05, 0.1) is 6.26 Å². The van der Waals surface area contributed by atoms with Gasteiger partial charge in [-0.25, -0.2) is 4.79 Å². The summed E-state index contributed by atoms with van der Waals surface area (Å²) >= 11 is 0. The van der Waals surface area contributed by atoms with E-state index in [1.54, 1.807) is 18.2 Å². The highest BCUT2D eigenvalue weighted by Crippen LogP contribution is 2.13. The molecule has 4 heteroatoms. The van der Waals surface area contributed by atoms with E-state index in [4.69, 9.17) is 14.4 Å². The molecule has 0 unspecified atom stereocenters. The van der Waals surface area contributed by atoms with Gasteiger partial charge < -0.3 is 9.15 Å². The summed E-state index contributed by atoms with van der Waals surface area (Å²) in [6, 6.07) is 14.0. The topological polar surface area (TPSA) is 63.2 Å². The molecule has 1 aromatic heterocycles. The molecule has 1 aromatic carbocycles. The predicted molar refractivity (Wildman–Crippen MR) is 64.4 cm³/mol. The van der Waals surface area contributed by atoms with Crippen LogP contribution < -0.4 is 4.74 Å². The molecule has 0 saturated heterocycles. The fourth-order valence-electron chi connectivity index (χ4n) is 1.32. The Morgan fingerprint density at radius 1 is 1.22 bits per heavy atom. The van der Waals surface area contributed by atoms with Crippen molar-refractivity contribution in [3.05, 3.63) is 59.9 Å². The van der Waals surface area contributed by atoms with Crippen molar-refractivity contribution in [2.45, 2.75) is 0 Å². The maximum absolute atomic E-state index is 11.7. The van der Waals surface area contributed by atoms with Gasteiger partial charge in [-0.15, -0.1) is 0 Å². The van der Waals surface area contributed by atoms with E-state index in [1.807, 2.05) is 24.3 Å². The molecule has 88 valence electrons. The molecule has 0 amide bonds. The highest BCUT2D eigenvalue weighted by atomic mass is 16.6. The number of hydrogen-bond donors (Lipinski definition) is 0. The smallest absolute Gasteiger partial charge is 0.356 e. The molecular weight excluding hydrogens is 230 g/mol. The average Bonchev–Trinajstić information content (AvgIpc) is 2.90. The number of hydrogen-bond acceptors (Lipinski definition) is 4. The molecule has 0 aliphatic rings. The minimum atomic E-state index is -0.740. The molecule has 1 heterocycles. The number of nitrogens with zero attached hydrogens (tertiary/aromatic N) is 1. The first-order valence-electron chi connectivity index (χ1n) is 5.22. The standard InChI is InChI=1S/C14H9NO3/c15-10-12(9-11-5-2-1-3-6-11)14(16)18-13-7-4-8-17-13/h1-9H/b12-9-. The third-order valence-corrected chi connectivity index (χ3v) is 2.14. The first-order valence-corrected chi connectivity index (χ1v) is 5.22. The molecule has 18 heavy (non-hydrogen) atoms. The van der Waals surface area contributed by atoms with Crippen LogP contribution in [0.2, 0.25) is 0 Å². The molecule has 0 fully saturated rings. The predicted octanol–water partition coefficient (Wildman–Crippen LogP) is 2.79. The number of furan rings is 1. The largest absolute Gasteiger partial charge is 0.434 e. The van der Waals surface area contributed by atoms with Gasteiger partial charge in [-0.1, -0.05) is 30.3 Å². The number of carbonyl (C=O) groups excluding carboxylic acids is 1. The van der Waals surface area contributed by atoms with E-state index in [0.29, 0.717) is 0 Å². The van der Waals surface area contributed by atoms with E-state index >= 15 is 0 Å². The zero-order chi connectivity index (χ0) is 12.8. The molecule has 0 bridgehead atoms. The van der Waals surface area contributed by atoms with E-state index in [1.165, 1.54) is 18.4 Å². The lowest BCUT2D eigenvalue weighted by atomic mass is 10.1. The van der Waals surface area contributed by atoms with Gasteiger partial charge >= 0.3 is 5.97 Å². The van der Waals surface area contributed by atoms with E-state index in [0.717, 1.165) is 5.56 Å². The molecule has 4 nitrogen and oxygen atoms in total. The van der Waals surface area contributed by atoms with E-state index < -0.39 is 5.97 Å². The number of ether oxygens (including phenoxy) is 1. The van der Waals surface area contributed by atoms with Gasteiger partial charge in [-0.2, -0.15) is 5.26 Å². The van der Waals surface area contributed by atoms with Crippen molar-refractivity contribution in [3.63, 3.8) is 0 Å². The van der Waals surface area contributed by atoms with Gasteiger partial charge in [-0.3, -0.25) is 0 Å². The molecule has 0 radical (unpaired) electrons. The van der Waals surface area contributed by atoms with Crippen molar-refractivity contribution < 1.29 is 13.9 Å². The number of nitriles is 1. The third kappa shape index (κ3) is 2.86. The second kappa shape index (κ2) is 5.51. The Labute approximate surface area is 104 Å². The van der Waals surface area contributed by atoms with Crippen LogP contribution >= 0.6 is 0 Å². The second-order valence-electron chi connectivity index (χ2n) is 3.40. The second-order valence-corrected chi connectivity index (χ2v) is 3.40. The monoisotopic (exact) mass is 239 g/mol. The average molecular weight is 239 g/mol. The first-order chi connectivity index (χ1) is 8.79. The summed E-state index contributed by atoms with van der Waals surface area (Å²) < 4.78 is 9.75. The van der Waals surface area contributed by atoms with Crippen molar-refractivity contribution in [2.75, 3.05) is 0 Å². The van der Waals surface area contributed by atoms with Crippen LogP contribution in [0.25, 0.3) is 6.08 Å². The number of benzene rings is 1. The lowest BCUT2D eigenvalue weighted by Crippen LogP contribution is -2.09. The van der Waals surface area contributed by atoms with Crippen LogP contribution in [-0.2, 0) is 4.79 Å². The Kier molecular flexibility index (Phi) is 3.57. The molecule has 2 rings (SSSR count). The van der Waals surface area contributed by atoms with Crippen LogP contribution in [0, 0.1) is 11.3 Å². The summed E-state index contributed by atoms with van der Waals surface area (Å²) in [7, 11) is 0. The quantitative estimate of drug-likeness (QED) is 0.469. The number of rotatable bonds is 3. The molecule has 0 aliphatic heterocycles. The van der Waals surface area contributed by atoms with Crippen LogP contribution in [-0.4, -0.2) is 5.97 Å². The molecule has 0 aliphatic carbocycles. The lowest BCUT2D eigenvalue weighted by Gasteiger charge is -1.99. The van der Waals surface area contributed by atoms with E-state index in [9.17, 15) is 4.79 Å². The van der Waals surface area contributed by atoms with Crippen LogP contribution in [0.15, 0.2) is 58.7 Å². The fraction of sp³-hybridized carbons (Fsp3) is 0. The maximum atomic E-state index is 11.7. The summed E-state index contributed by atoms with van der Waals surface area (Å²) in [4.78, 5) is 11.7. The van der Waals surface area contributed by atoms with Crippen LogP contribution in [0.3, 0.4) is 0 Å². The van der Waals surface area contributed by atoms with Crippen molar-refractivity contribution in [3.8, 4) is 12.0 Å². The lowest BCUT2D eigenvalue weighted by molar-refractivity contribution is -0.130. The number of carbonyl (C=O) groups is 1. The van der Waals surface area contributed by atoms with Gasteiger partial charge in [0, 0.05) is 6.07 Å². The van der Waals surface area contributed by atoms with Gasteiger partial charge in [0.25, 0.3) is 5.95 Å². The third-order valence-electron chi connectivity index (χ3n) is 2.14. The number of esters is 1. The normalized spacial score (nSPS) is 10.7. The highest BCUT2D eigenvalue weighted by Gasteiger charge is 2.13. The summed E-state index contributed by atoms with van der Waals surface area (Å²) in [5.41, 5.74) is 0.669. The zero-order valence-electron chi connectivity index (χ0n) is 9.37. The molecule has 2 aromatic rings. The Balaban J connectivity index is 2.17. The van der Waals surface area contributed by atoms with Crippen molar-refractivity contribution >= 4 is 12.0 Å². The highest BCUT2D eigenvalue weighted by molar-refractivity contribution is 5.98. The minimum Gasteiger partial charge on any atom is -0.434 e. The molecule has 0 N–H and O–H groups in total. The molecule has 0 saturated carbocycles. The van der Waals surface area contributed by atoms with Gasteiger partial charge in [-0.05, 0) is 17.7 Å². The summed E-state index contributed by atoms with van der Waals surface area (Å²) in [6.07, 6.45) is 2.85. The molecular formula is C14H9NO3. The summed E-state index contributed by atoms with van der Waals surface area (Å²) in [6.45, 7) is 0. The van der Waals surface area contributed by atoms with Crippen LogP contribution in [0.1, 0.15) is 5.56 Å². The van der Waals surface area contributed by atoms with Gasteiger partial charge in [0.1, 0.15) is 11.6 Å². The van der Waals surface area contributed by atoms with Crippen LogP contribution in [0.5, 0.6) is 5.95 Å². The zero-order valence-corrected chi connectivity index (χ0v) is 9.37. The maximum Gasteiger partial charge on any atom is 0.356 e. The minimum absolute atomic E-state index is 0.0641. The Hall–Kier alpha value is -2.80. The Morgan fingerprint density at radius 2 is 2.00 bits per heavy atom. The van der Waals surface area contributed by atoms with E-state index in [-0.39, 0.29) is 11.5 Å². The fourth-order valence-corrected chi connectivity index (χ4v) is 1.32. The Morgan fingerprint density at radius 3 is 2.61 bits per heavy atom. The SMILES string of the molecule is N#C/C(=C/c1ccccc1)C(=O)Oc1ccco1. The van der Waals surface area contributed by atoms with Crippen LogP contribution in [0.4, 0.5) is 0 Å². The summed E-state index contributed by atoms with van der Waals surface area (Å²) in [5, 5.41) is 8.94. The molecule has 0 spiro atoms.